The average molecular weight is 214 g/mol. The van der Waals surface area contributed by atoms with Crippen LogP contribution in [0.4, 0.5) is 0 Å². The van der Waals surface area contributed by atoms with E-state index in [1.54, 1.807) is 0 Å². The number of carbonyl (C=O) groups is 1. The second-order valence-electron chi connectivity index (χ2n) is 4.34. The van der Waals surface area contributed by atoms with Crippen LogP contribution in [-0.4, -0.2) is 25.5 Å². The summed E-state index contributed by atoms with van der Waals surface area (Å²) >= 11 is 0. The van der Waals surface area contributed by atoms with E-state index >= 15 is 0 Å². The number of rotatable bonds is 9. The third-order valence-electron chi connectivity index (χ3n) is 2.31. The SMILES string of the molecule is CCNCCC(=O)NCCCCC(C)C. The summed E-state index contributed by atoms with van der Waals surface area (Å²) in [6.45, 7) is 9.06. The van der Waals surface area contributed by atoms with E-state index < -0.39 is 0 Å². The molecule has 3 nitrogen and oxygen atoms in total. The van der Waals surface area contributed by atoms with Gasteiger partial charge in [0.05, 0.1) is 0 Å². The molecule has 1 amide bonds. The molecule has 3 heteroatoms. The highest BCUT2D eigenvalue weighted by Gasteiger charge is 1.99. The first kappa shape index (κ1) is 14.4. The van der Waals surface area contributed by atoms with E-state index in [0.29, 0.717) is 6.42 Å². The molecule has 0 aromatic rings. The lowest BCUT2D eigenvalue weighted by molar-refractivity contribution is -0.121. The Morgan fingerprint density at radius 2 is 1.93 bits per heavy atom. The zero-order valence-electron chi connectivity index (χ0n) is 10.4. The zero-order valence-corrected chi connectivity index (χ0v) is 10.4. The average Bonchev–Trinajstić information content (AvgIpc) is 2.17. The van der Waals surface area contributed by atoms with Crippen molar-refractivity contribution in [3.8, 4) is 0 Å². The summed E-state index contributed by atoms with van der Waals surface area (Å²) < 4.78 is 0. The molecule has 0 saturated carbocycles. The molecule has 0 fully saturated rings. The molecule has 0 bridgehead atoms. The first-order valence-electron chi connectivity index (χ1n) is 6.14. The lowest BCUT2D eigenvalue weighted by atomic mass is 10.1. The van der Waals surface area contributed by atoms with Crippen LogP contribution in [0.2, 0.25) is 0 Å². The summed E-state index contributed by atoms with van der Waals surface area (Å²) in [5, 5.41) is 6.07. The van der Waals surface area contributed by atoms with Crippen LogP contribution in [0.1, 0.15) is 46.5 Å². The van der Waals surface area contributed by atoms with Gasteiger partial charge in [-0.25, -0.2) is 0 Å². The van der Waals surface area contributed by atoms with E-state index in [0.717, 1.165) is 32.0 Å². The van der Waals surface area contributed by atoms with Crippen molar-refractivity contribution < 1.29 is 4.79 Å². The minimum absolute atomic E-state index is 0.167. The molecule has 0 aromatic heterocycles. The first-order chi connectivity index (χ1) is 7.16. The van der Waals surface area contributed by atoms with Crippen molar-refractivity contribution >= 4 is 5.91 Å². The molecule has 0 spiro atoms. The largest absolute Gasteiger partial charge is 0.356 e. The van der Waals surface area contributed by atoms with E-state index in [-0.39, 0.29) is 5.91 Å². The molecule has 0 rings (SSSR count). The number of hydrogen-bond donors (Lipinski definition) is 2. The molecule has 15 heavy (non-hydrogen) atoms. The van der Waals surface area contributed by atoms with Crippen LogP contribution < -0.4 is 10.6 Å². The summed E-state index contributed by atoms with van der Waals surface area (Å²) in [5.41, 5.74) is 0. The molecule has 0 atom stereocenters. The van der Waals surface area contributed by atoms with Crippen LogP contribution in [0.5, 0.6) is 0 Å². The summed E-state index contributed by atoms with van der Waals surface area (Å²) in [5.74, 6) is 0.940. The summed E-state index contributed by atoms with van der Waals surface area (Å²) in [6.07, 6.45) is 4.17. The predicted octanol–water partition coefficient (Wildman–Crippen LogP) is 1.93. The van der Waals surface area contributed by atoms with Gasteiger partial charge in [-0.05, 0) is 18.9 Å². The van der Waals surface area contributed by atoms with Gasteiger partial charge in [-0.3, -0.25) is 4.79 Å². The van der Waals surface area contributed by atoms with E-state index in [1.165, 1.54) is 12.8 Å². The highest BCUT2D eigenvalue weighted by molar-refractivity contribution is 5.75. The number of unbranched alkanes of at least 4 members (excludes halogenated alkanes) is 1. The maximum absolute atomic E-state index is 11.3. The quantitative estimate of drug-likeness (QED) is 0.576. The van der Waals surface area contributed by atoms with Crippen LogP contribution >= 0.6 is 0 Å². The van der Waals surface area contributed by atoms with Gasteiger partial charge in [-0.2, -0.15) is 0 Å². The second kappa shape index (κ2) is 9.97. The van der Waals surface area contributed by atoms with Gasteiger partial charge < -0.3 is 10.6 Å². The van der Waals surface area contributed by atoms with Crippen molar-refractivity contribution in [2.24, 2.45) is 5.92 Å². The Bertz CT molecular complexity index is 158. The minimum Gasteiger partial charge on any atom is -0.356 e. The van der Waals surface area contributed by atoms with E-state index in [1.807, 2.05) is 6.92 Å². The van der Waals surface area contributed by atoms with Crippen LogP contribution in [-0.2, 0) is 4.79 Å². The fraction of sp³-hybridized carbons (Fsp3) is 0.917. The standard InChI is InChI=1S/C12H26N2O/c1-4-13-10-8-12(15)14-9-6-5-7-11(2)3/h11,13H,4-10H2,1-3H3,(H,14,15). The molecular formula is C12H26N2O. The van der Waals surface area contributed by atoms with Crippen LogP contribution in [0.25, 0.3) is 0 Å². The second-order valence-corrected chi connectivity index (χ2v) is 4.34. The molecule has 0 aromatic carbocycles. The van der Waals surface area contributed by atoms with Gasteiger partial charge >= 0.3 is 0 Å². The van der Waals surface area contributed by atoms with E-state index in [9.17, 15) is 4.79 Å². The molecular weight excluding hydrogens is 188 g/mol. The van der Waals surface area contributed by atoms with Crippen LogP contribution in [0.15, 0.2) is 0 Å². The van der Waals surface area contributed by atoms with Gasteiger partial charge in [-0.15, -0.1) is 0 Å². The third kappa shape index (κ3) is 11.4. The minimum atomic E-state index is 0.167. The van der Waals surface area contributed by atoms with Gasteiger partial charge in [0.25, 0.3) is 0 Å². The van der Waals surface area contributed by atoms with Gasteiger partial charge in [0.15, 0.2) is 0 Å². The Kier molecular flexibility index (Phi) is 9.59. The lowest BCUT2D eigenvalue weighted by Crippen LogP contribution is -2.28. The molecule has 2 N–H and O–H groups in total. The molecule has 0 heterocycles. The van der Waals surface area contributed by atoms with Crippen molar-refractivity contribution in [1.29, 1.82) is 0 Å². The Labute approximate surface area is 94.0 Å². The highest BCUT2D eigenvalue weighted by Crippen LogP contribution is 2.04. The Hall–Kier alpha value is -0.570. The Morgan fingerprint density at radius 1 is 1.20 bits per heavy atom. The number of carbonyl (C=O) groups excluding carboxylic acids is 1. The van der Waals surface area contributed by atoms with Crippen molar-refractivity contribution in [2.75, 3.05) is 19.6 Å². The maximum Gasteiger partial charge on any atom is 0.221 e. The monoisotopic (exact) mass is 214 g/mol. The Morgan fingerprint density at radius 3 is 2.53 bits per heavy atom. The van der Waals surface area contributed by atoms with Crippen molar-refractivity contribution in [2.45, 2.75) is 46.5 Å². The van der Waals surface area contributed by atoms with Gasteiger partial charge in [0.2, 0.25) is 5.91 Å². The molecule has 0 unspecified atom stereocenters. The molecule has 0 aliphatic rings. The van der Waals surface area contributed by atoms with Crippen LogP contribution in [0, 0.1) is 5.92 Å². The zero-order chi connectivity index (χ0) is 11.5. The topological polar surface area (TPSA) is 41.1 Å². The fourth-order valence-corrected chi connectivity index (χ4v) is 1.37. The summed E-state index contributed by atoms with van der Waals surface area (Å²) in [4.78, 5) is 11.3. The smallest absolute Gasteiger partial charge is 0.221 e. The summed E-state index contributed by atoms with van der Waals surface area (Å²) in [7, 11) is 0. The number of nitrogens with one attached hydrogen (secondary N) is 2. The fourth-order valence-electron chi connectivity index (χ4n) is 1.37. The third-order valence-corrected chi connectivity index (χ3v) is 2.31. The van der Waals surface area contributed by atoms with E-state index in [4.69, 9.17) is 0 Å². The number of hydrogen-bond acceptors (Lipinski definition) is 2. The summed E-state index contributed by atoms with van der Waals surface area (Å²) in [6, 6.07) is 0. The lowest BCUT2D eigenvalue weighted by Gasteiger charge is -2.06. The van der Waals surface area contributed by atoms with Crippen molar-refractivity contribution in [1.82, 2.24) is 10.6 Å². The van der Waals surface area contributed by atoms with E-state index in [2.05, 4.69) is 24.5 Å². The molecule has 90 valence electrons. The Balaban J connectivity index is 3.17. The van der Waals surface area contributed by atoms with Crippen LogP contribution in [0.3, 0.4) is 0 Å². The first-order valence-corrected chi connectivity index (χ1v) is 6.14. The number of amides is 1. The van der Waals surface area contributed by atoms with Gasteiger partial charge in [0, 0.05) is 19.5 Å². The van der Waals surface area contributed by atoms with Gasteiger partial charge in [0.1, 0.15) is 0 Å². The van der Waals surface area contributed by atoms with Crippen molar-refractivity contribution in [3.05, 3.63) is 0 Å². The predicted molar refractivity (Wildman–Crippen MR) is 64.9 cm³/mol. The van der Waals surface area contributed by atoms with Gasteiger partial charge in [-0.1, -0.05) is 33.6 Å². The van der Waals surface area contributed by atoms with Crippen molar-refractivity contribution in [3.63, 3.8) is 0 Å². The maximum atomic E-state index is 11.3. The molecule has 0 radical (unpaired) electrons. The highest BCUT2D eigenvalue weighted by atomic mass is 16.1. The molecule has 0 saturated heterocycles. The molecule has 0 aliphatic carbocycles. The molecule has 0 aliphatic heterocycles. The normalized spacial score (nSPS) is 10.7.